The summed E-state index contributed by atoms with van der Waals surface area (Å²) in [6.45, 7) is -27.9. The van der Waals surface area contributed by atoms with Crippen LogP contribution < -0.4 is 51.1 Å². The molecule has 10 aliphatic heterocycles. The predicted octanol–water partition coefficient (Wildman–Crippen LogP) is 1.10. The van der Waals surface area contributed by atoms with Crippen LogP contribution in [0.4, 0.5) is 48.1 Å². The number of rotatable bonds is 6. The zero-order chi connectivity index (χ0) is 94.1. The molecule has 22 rings (SSSR count). The standard InChI is InChI=1S/C22H24FN9O10P2S2.C21H24FN9O9P2S2.C20H23FN10O9P2S2/c23-10-9-3-37-43(34,45)42-15-14-20(31-6-27-11-8(24)1-2-26-16(11)31)40-22(15,4-36-14)5-38-44(35,46)41-13(10)19(39-9)32-7-28-12-17(32)29-21(25)30-18(12)33;22-12-15-11(38-20(12)30-6-26-13-9(23)1-2-25-16(13)30)5-36-41(33,43)39-10-3-8(4-35-42(34,44)40-15)37-19(10)31-7-27-14-17(31)28-21(24)29-18(14)32;21-11-14-10(38-19(11)31-15-12(28-29-31)8(22)1-2-24-15)5-36-41(33,43)39-9-3-7(4-35-42(34,44)40-14)37-18(9)30-6-25-13-16(30)26-20(23)27-17(13)32/h1-2,6-7,9-10,13-15,19-20H,3-5H2,(H2,24,26)(H,34,45)(H,35,46)(H3,25,29,30,33);1-2,6-8,10-12,15,19-20H,3-5H2,(H2,23,25)(H,33,43)(H,34,44)(H3,24,28,29,32);1-2,6-7,9-11,14,18-19H,3-5H2,(H2,22,24)(H,33,43)(H,34,44)(H3,23,26,27,32)/t9-,10-,13-,14-,15?,19-,20-,22-,43?,44?;8-,10-,11+,12-,15?,19+,20+,41?,42?;7-,9-,10+,11-,14?,18+,19+,41?,42?/m100/s1. The van der Waals surface area contributed by atoms with Crippen LogP contribution in [0.1, 0.15) is 50.2 Å². The van der Waals surface area contributed by atoms with E-state index in [0.717, 1.165) is 4.68 Å². The first-order valence-corrected chi connectivity index (χ1v) is 55.0. The van der Waals surface area contributed by atoms with Crippen LogP contribution >= 0.6 is 52.6 Å². The largest absolute Gasteiger partial charge is 0.397 e. The molecule has 10 saturated heterocycles. The van der Waals surface area contributed by atoms with Gasteiger partial charge in [-0.1, -0.05) is 17.5 Å². The van der Waals surface area contributed by atoms with Gasteiger partial charge in [-0.25, -0.2) is 57.6 Å². The van der Waals surface area contributed by atoms with Gasteiger partial charge in [-0.3, -0.25) is 74.8 Å². The molecule has 0 saturated carbocycles. The molecule has 12 aromatic rings. The fourth-order valence-corrected chi connectivity index (χ4v) is 25.3. The number of hydrogen-bond acceptors (Lipinski definition) is 47. The zero-order valence-corrected chi connectivity index (χ0v) is 77.6. The van der Waals surface area contributed by atoms with E-state index in [9.17, 15) is 43.4 Å². The number of nitrogen functional groups attached to an aromatic ring is 6. The van der Waals surface area contributed by atoms with E-state index in [4.69, 9.17) is 181 Å². The molecule has 9 unspecified atom stereocenters. The van der Waals surface area contributed by atoms with Gasteiger partial charge in [-0.2, -0.15) is 19.6 Å². The van der Waals surface area contributed by atoms with Gasteiger partial charge in [0.05, 0.1) is 107 Å². The Morgan fingerprint density at radius 3 is 1.34 bits per heavy atom. The molecule has 10 aliphatic rings. The number of nitrogens with two attached hydrogens (primary N) is 6. The molecule has 20 N–H and O–H groups in total. The number of aromatic amines is 3. The molecule has 71 heteroatoms. The van der Waals surface area contributed by atoms with Gasteiger partial charge < -0.3 is 124 Å². The minimum atomic E-state index is -4.29. The fourth-order valence-electron chi connectivity index (χ4n) is 16.6. The molecule has 0 aromatic carbocycles. The Morgan fingerprint density at radius 1 is 0.410 bits per heavy atom. The van der Waals surface area contributed by atoms with Gasteiger partial charge in [0.2, 0.25) is 17.8 Å². The molecule has 28 atom stereocenters. The van der Waals surface area contributed by atoms with Crippen LogP contribution in [0.5, 0.6) is 0 Å². The third-order valence-corrected chi connectivity index (χ3v) is 31.9. The summed E-state index contributed by atoms with van der Waals surface area (Å²) >= 11 is 30.4. The van der Waals surface area contributed by atoms with Gasteiger partial charge in [0, 0.05) is 31.4 Å². The molecule has 0 spiro atoms. The molecule has 718 valence electrons. The Labute approximate surface area is 773 Å². The number of thiol groups is 1. The lowest BCUT2D eigenvalue weighted by Crippen LogP contribution is -2.45. The smallest absolute Gasteiger partial charge is 0.386 e. The summed E-state index contributed by atoms with van der Waals surface area (Å²) in [5.41, 5.74) is 34.4. The molecule has 134 heavy (non-hydrogen) atoms. The first-order chi connectivity index (χ1) is 63.6. The number of pyridine rings is 3. The molecule has 0 aliphatic carbocycles. The summed E-state index contributed by atoms with van der Waals surface area (Å²) in [6, 6.07) is 4.65. The highest BCUT2D eigenvalue weighted by atomic mass is 32.7. The molecule has 8 bridgehead atoms. The first-order valence-electron chi connectivity index (χ1n) is 39.3. The molecule has 56 nitrogen and oxygen atoms in total. The normalized spacial score (nSPS) is 37.6. The second-order valence-electron chi connectivity index (χ2n) is 31.1. The van der Waals surface area contributed by atoms with Crippen molar-refractivity contribution in [2.45, 2.75) is 148 Å². The minimum absolute atomic E-state index is 0.0209. The number of H-pyrrole nitrogens is 3. The summed E-state index contributed by atoms with van der Waals surface area (Å²) in [6.07, 6.45) is -16.6. The van der Waals surface area contributed by atoms with Crippen molar-refractivity contribution >= 4 is 214 Å². The van der Waals surface area contributed by atoms with Crippen LogP contribution in [-0.2, 0) is 151 Å². The molecule has 22 heterocycles. The van der Waals surface area contributed by atoms with Gasteiger partial charge in [0.1, 0.15) is 77.7 Å². The fraction of sp³-hybridized carbons (Fsp3) is 0.492. The van der Waals surface area contributed by atoms with E-state index in [1.807, 2.05) is 0 Å². The van der Waals surface area contributed by atoms with Gasteiger partial charge in [-0.05, 0) is 77.2 Å². The number of anilines is 6. The average molecular weight is 2100 g/mol. The second-order valence-corrected chi connectivity index (χ2v) is 47.9. The van der Waals surface area contributed by atoms with E-state index in [1.54, 1.807) is 16.7 Å². The second kappa shape index (κ2) is 35.6. The van der Waals surface area contributed by atoms with Crippen molar-refractivity contribution in [2.24, 2.45) is 0 Å². The van der Waals surface area contributed by atoms with E-state index in [2.05, 4.69) is 92.3 Å². The monoisotopic (exact) mass is 2100 g/mol. The number of nitrogens with one attached hydrogen (secondary N) is 3. The molecule has 10 fully saturated rings. The summed E-state index contributed by atoms with van der Waals surface area (Å²) < 4.78 is 180. The zero-order valence-electron chi connectivity index (χ0n) is 67.2. The molecule has 0 radical (unpaired) electrons. The van der Waals surface area contributed by atoms with E-state index < -0.39 is 218 Å². The number of halogens is 3. The Hall–Kier alpha value is -7.70. The molecule has 0 amide bonds. The highest BCUT2D eigenvalue weighted by Gasteiger charge is 2.66. The van der Waals surface area contributed by atoms with Crippen LogP contribution in [0.25, 0.3) is 67.0 Å². The predicted molar refractivity (Wildman–Crippen MR) is 471 cm³/mol. The van der Waals surface area contributed by atoms with Gasteiger partial charge in [0.25, 0.3) is 16.7 Å². The van der Waals surface area contributed by atoms with Crippen LogP contribution in [0.2, 0.25) is 0 Å². The molecular weight excluding hydrogens is 2030 g/mol. The summed E-state index contributed by atoms with van der Waals surface area (Å²) in [5.74, 6) is -0.556. The Morgan fingerprint density at radius 2 is 0.813 bits per heavy atom. The third-order valence-electron chi connectivity index (χ3n) is 22.5. The van der Waals surface area contributed by atoms with Crippen molar-refractivity contribution in [3.8, 4) is 0 Å². The molecule has 12 aromatic heterocycles. The highest BCUT2D eigenvalue weighted by molar-refractivity contribution is 8.44. The van der Waals surface area contributed by atoms with Crippen LogP contribution in [0.3, 0.4) is 0 Å². The number of hydrogen-bond donors (Lipinski definition) is 15. The lowest BCUT2D eigenvalue weighted by Gasteiger charge is -2.33. The third kappa shape index (κ3) is 18.0. The number of alkyl halides is 3. The minimum Gasteiger partial charge on any atom is -0.397 e. The summed E-state index contributed by atoms with van der Waals surface area (Å²) in [7, 11) is 0. The van der Waals surface area contributed by atoms with E-state index in [1.165, 1.54) is 74.6 Å². The molecular formula is C63H71F3N28O28P6S6. The van der Waals surface area contributed by atoms with Crippen LogP contribution in [-0.4, -0.2) is 276 Å². The Balaban J connectivity index is 0.000000125. The maximum absolute atomic E-state index is 16.0. The van der Waals surface area contributed by atoms with Crippen molar-refractivity contribution in [3.63, 3.8) is 0 Å². The topological polar surface area (TPSA) is 745 Å². The SMILES string of the molecule is Nc1nc2c(ncn2[C@@H]2O[C@@H]3COP(=O)(S)OC4[C@@H](COP(O)(=S)O[C@H]2C3)O[C@@H](n2cnc3c(N)ccnc32)[C@H]4F)c(=O)[nH]1.Nc1nc2c(ncn2[C@@H]2O[C@@H]3COP(O)(=S)OC4[C@@H](COP(O)(=S)O[C@H]2C3)O[C@@H](n2nnc3c(N)ccnc32)[C@H]4F)c(=O)[nH]1.Nc1nc2c(ncn2[C@@H]2O[C@@H]3COP(O)(=S)OC4[C@H]5OC[C@]4(COP(O)(=S)O[C@@H]2[C@@H]3F)O[C@H]5n2cnc3c(N)ccnc32)c(=O)[nH]1. The van der Waals surface area contributed by atoms with Gasteiger partial charge in [-0.15, -0.1) is 5.10 Å². The maximum Gasteiger partial charge on any atom is 0.386 e. The number of nitrogens with zero attached hydrogens (tertiary/aromatic N) is 19. The highest BCUT2D eigenvalue weighted by Crippen LogP contribution is 2.62. The quantitative estimate of drug-likeness (QED) is 0.0819. The number of aromatic nitrogens is 22. The van der Waals surface area contributed by atoms with E-state index in [-0.39, 0.29) is 106 Å². The lowest BCUT2D eigenvalue weighted by atomic mass is 10.0. The van der Waals surface area contributed by atoms with Crippen LogP contribution in [0, 0.1) is 0 Å². The van der Waals surface area contributed by atoms with Crippen molar-refractivity contribution in [3.05, 3.63) is 99.5 Å². The van der Waals surface area contributed by atoms with Gasteiger partial charge >= 0.3 is 40.4 Å². The average Bonchev–Trinajstić information content (AvgIpc) is 1.55. The number of imidazole rings is 5. The first kappa shape index (κ1) is 93.9. The van der Waals surface area contributed by atoms with Crippen molar-refractivity contribution < 1.29 is 130 Å². The number of fused-ring (bicyclic) bond motifs is 14. The van der Waals surface area contributed by atoms with Crippen molar-refractivity contribution in [2.75, 3.05) is 80.7 Å². The maximum atomic E-state index is 16.0. The van der Waals surface area contributed by atoms with Crippen molar-refractivity contribution in [1.29, 1.82) is 0 Å². The van der Waals surface area contributed by atoms with E-state index in [0.29, 0.717) is 28.1 Å². The number of ether oxygens (including phenoxy) is 7. The van der Waals surface area contributed by atoms with Crippen LogP contribution in [0.15, 0.2) is 82.8 Å². The summed E-state index contributed by atoms with van der Waals surface area (Å²) in [5, 5.41) is 7.88. The Bertz CT molecular complexity index is 6890. The van der Waals surface area contributed by atoms with Gasteiger partial charge in [0.15, 0.2) is 112 Å². The summed E-state index contributed by atoms with van der Waals surface area (Å²) in [4.78, 5) is 145. The lowest BCUT2D eigenvalue weighted by molar-refractivity contribution is -0.183. The Kier molecular flexibility index (Phi) is 24.9. The van der Waals surface area contributed by atoms with E-state index >= 15 is 13.2 Å². The van der Waals surface area contributed by atoms with Crippen molar-refractivity contribution in [1.82, 2.24) is 108 Å².